The van der Waals surface area contributed by atoms with E-state index in [1.165, 1.54) is 0 Å². The second kappa shape index (κ2) is 3.40. The van der Waals surface area contributed by atoms with Crippen LogP contribution in [0.1, 0.15) is 36.7 Å². The largest absolute Gasteiger partial charge is 0.460 e. The van der Waals surface area contributed by atoms with E-state index >= 15 is 0 Å². The summed E-state index contributed by atoms with van der Waals surface area (Å²) in [7, 11) is 0. The van der Waals surface area contributed by atoms with E-state index in [0.717, 1.165) is 17.0 Å². The molecule has 0 atom stereocenters. The van der Waals surface area contributed by atoms with Crippen LogP contribution < -0.4 is 0 Å². The third kappa shape index (κ3) is 1.62. The van der Waals surface area contributed by atoms with Crippen molar-refractivity contribution in [3.8, 4) is 0 Å². The van der Waals surface area contributed by atoms with Crippen molar-refractivity contribution >= 4 is 5.97 Å². The molecule has 0 saturated carbocycles. The van der Waals surface area contributed by atoms with Crippen molar-refractivity contribution in [3.05, 3.63) is 29.1 Å². The van der Waals surface area contributed by atoms with Crippen LogP contribution in [0.5, 0.6) is 0 Å². The van der Waals surface area contributed by atoms with E-state index in [1.807, 2.05) is 12.1 Å². The maximum atomic E-state index is 11.0. The molecule has 74 valence electrons. The number of esters is 1. The van der Waals surface area contributed by atoms with Crippen molar-refractivity contribution in [3.63, 3.8) is 0 Å². The molecule has 0 fully saturated rings. The van der Waals surface area contributed by atoms with Gasteiger partial charge in [-0.1, -0.05) is 19.9 Å². The molecule has 0 aromatic carbocycles. The molecule has 1 aromatic heterocycles. The first kappa shape index (κ1) is 9.19. The summed E-state index contributed by atoms with van der Waals surface area (Å²) in [6.45, 7) is 4.56. The number of ether oxygens (including phenoxy) is 1. The topological polar surface area (TPSA) is 39.2 Å². The normalized spacial score (nSPS) is 15.2. The first-order valence-corrected chi connectivity index (χ1v) is 4.81. The molecule has 0 bridgehead atoms. The van der Waals surface area contributed by atoms with E-state index in [1.54, 1.807) is 0 Å². The third-order valence-electron chi connectivity index (χ3n) is 2.38. The minimum Gasteiger partial charge on any atom is -0.460 e. The van der Waals surface area contributed by atoms with E-state index in [0.29, 0.717) is 18.9 Å². The van der Waals surface area contributed by atoms with Crippen molar-refractivity contribution in [2.75, 3.05) is 0 Å². The summed E-state index contributed by atoms with van der Waals surface area (Å²) in [6.07, 6.45) is 0.315. The number of hydrogen-bond donors (Lipinski definition) is 0. The van der Waals surface area contributed by atoms with Gasteiger partial charge in [-0.2, -0.15) is 0 Å². The van der Waals surface area contributed by atoms with Crippen LogP contribution in [0.15, 0.2) is 12.1 Å². The Labute approximate surface area is 83.1 Å². The second-order valence-electron chi connectivity index (χ2n) is 3.83. The zero-order chi connectivity index (χ0) is 10.1. The highest BCUT2D eigenvalue weighted by molar-refractivity contribution is 5.73. The van der Waals surface area contributed by atoms with Gasteiger partial charge >= 0.3 is 5.97 Å². The number of carbonyl (C=O) groups is 1. The molecule has 14 heavy (non-hydrogen) atoms. The number of rotatable bonds is 1. The van der Waals surface area contributed by atoms with Crippen molar-refractivity contribution in [2.45, 2.75) is 32.8 Å². The number of aromatic nitrogens is 1. The molecule has 1 aliphatic rings. The molecule has 3 nitrogen and oxygen atoms in total. The van der Waals surface area contributed by atoms with E-state index in [-0.39, 0.29) is 5.97 Å². The number of fused-ring (bicyclic) bond motifs is 1. The molecule has 2 rings (SSSR count). The number of carbonyl (C=O) groups excluding carboxylic acids is 1. The van der Waals surface area contributed by atoms with Gasteiger partial charge in [-0.3, -0.25) is 9.78 Å². The Balaban J connectivity index is 2.37. The van der Waals surface area contributed by atoms with Crippen LogP contribution in [0.2, 0.25) is 0 Å². The fraction of sp³-hybridized carbons (Fsp3) is 0.455. The van der Waals surface area contributed by atoms with E-state index in [2.05, 4.69) is 18.8 Å². The molecule has 0 N–H and O–H groups in total. The lowest BCUT2D eigenvalue weighted by atomic mass is 10.0. The molecule has 0 spiro atoms. The summed E-state index contributed by atoms with van der Waals surface area (Å²) >= 11 is 0. The molecule has 0 unspecified atom stereocenters. The average molecular weight is 191 g/mol. The Morgan fingerprint density at radius 3 is 2.93 bits per heavy atom. The Morgan fingerprint density at radius 2 is 2.21 bits per heavy atom. The van der Waals surface area contributed by atoms with Gasteiger partial charge in [0, 0.05) is 11.3 Å². The third-order valence-corrected chi connectivity index (χ3v) is 2.38. The van der Waals surface area contributed by atoms with Gasteiger partial charge in [0.05, 0.1) is 12.1 Å². The Morgan fingerprint density at radius 1 is 1.43 bits per heavy atom. The van der Waals surface area contributed by atoms with Crippen molar-refractivity contribution < 1.29 is 9.53 Å². The van der Waals surface area contributed by atoms with Crippen LogP contribution in [0.25, 0.3) is 0 Å². The summed E-state index contributed by atoms with van der Waals surface area (Å²) in [5, 5.41) is 0. The lowest BCUT2D eigenvalue weighted by molar-refractivity contribution is -0.145. The van der Waals surface area contributed by atoms with Crippen LogP contribution in [0, 0.1) is 0 Å². The van der Waals surface area contributed by atoms with Gasteiger partial charge in [-0.25, -0.2) is 0 Å². The molecule has 1 aliphatic heterocycles. The lowest BCUT2D eigenvalue weighted by Gasteiger charge is -2.16. The van der Waals surface area contributed by atoms with Gasteiger partial charge in [0.1, 0.15) is 6.61 Å². The number of hydrogen-bond acceptors (Lipinski definition) is 3. The van der Waals surface area contributed by atoms with Gasteiger partial charge in [-0.15, -0.1) is 0 Å². The maximum absolute atomic E-state index is 11.0. The van der Waals surface area contributed by atoms with Gasteiger partial charge in [0.2, 0.25) is 0 Å². The SMILES string of the molecule is CC(C)c1ccc2c(n1)CC(=O)OC2. The number of cyclic esters (lactones) is 1. The second-order valence-corrected chi connectivity index (χ2v) is 3.83. The van der Waals surface area contributed by atoms with Crippen molar-refractivity contribution in [2.24, 2.45) is 0 Å². The van der Waals surface area contributed by atoms with Crippen LogP contribution >= 0.6 is 0 Å². The van der Waals surface area contributed by atoms with Gasteiger partial charge < -0.3 is 4.74 Å². The fourth-order valence-corrected chi connectivity index (χ4v) is 1.50. The minimum atomic E-state index is -0.175. The first-order chi connectivity index (χ1) is 6.66. The standard InChI is InChI=1S/C11H13NO2/c1-7(2)9-4-3-8-6-14-11(13)5-10(8)12-9/h3-4,7H,5-6H2,1-2H3. The van der Waals surface area contributed by atoms with Crippen molar-refractivity contribution in [1.29, 1.82) is 0 Å². The molecule has 0 saturated heterocycles. The van der Waals surface area contributed by atoms with E-state index in [9.17, 15) is 4.79 Å². The van der Waals surface area contributed by atoms with E-state index in [4.69, 9.17) is 4.74 Å². The molecular weight excluding hydrogens is 178 g/mol. The summed E-state index contributed by atoms with van der Waals surface area (Å²) in [5.41, 5.74) is 2.96. The quantitative estimate of drug-likeness (QED) is 0.635. The van der Waals surface area contributed by atoms with Gasteiger partial charge in [-0.05, 0) is 12.0 Å². The predicted molar refractivity (Wildman–Crippen MR) is 51.8 cm³/mol. The van der Waals surface area contributed by atoms with E-state index < -0.39 is 0 Å². The number of nitrogens with zero attached hydrogens (tertiary/aromatic N) is 1. The van der Waals surface area contributed by atoms with Crippen molar-refractivity contribution in [1.82, 2.24) is 4.98 Å². The Kier molecular flexibility index (Phi) is 2.23. The molecule has 3 heteroatoms. The fourth-order valence-electron chi connectivity index (χ4n) is 1.50. The average Bonchev–Trinajstić information content (AvgIpc) is 2.16. The molecule has 2 heterocycles. The predicted octanol–water partition coefficient (Wildman–Crippen LogP) is 1.80. The minimum absolute atomic E-state index is 0.175. The highest BCUT2D eigenvalue weighted by atomic mass is 16.5. The molecule has 0 amide bonds. The zero-order valence-corrected chi connectivity index (χ0v) is 8.41. The summed E-state index contributed by atoms with van der Waals surface area (Å²) < 4.78 is 4.93. The van der Waals surface area contributed by atoms with Gasteiger partial charge in [0.25, 0.3) is 0 Å². The highest BCUT2D eigenvalue weighted by Gasteiger charge is 2.18. The summed E-state index contributed by atoms with van der Waals surface area (Å²) in [6, 6.07) is 4.01. The van der Waals surface area contributed by atoms with Crippen LogP contribution in [-0.2, 0) is 22.6 Å². The Bertz CT molecular complexity index is 372. The smallest absolute Gasteiger partial charge is 0.312 e. The molecule has 1 aromatic rings. The summed E-state index contributed by atoms with van der Waals surface area (Å²) in [5.74, 6) is 0.226. The summed E-state index contributed by atoms with van der Waals surface area (Å²) in [4.78, 5) is 15.5. The van der Waals surface area contributed by atoms with Crippen LogP contribution in [0.4, 0.5) is 0 Å². The molecule has 0 radical (unpaired) electrons. The molecular formula is C11H13NO2. The van der Waals surface area contributed by atoms with Crippen LogP contribution in [0.3, 0.4) is 0 Å². The monoisotopic (exact) mass is 191 g/mol. The zero-order valence-electron chi connectivity index (χ0n) is 8.41. The Hall–Kier alpha value is -1.38. The highest BCUT2D eigenvalue weighted by Crippen LogP contribution is 2.19. The lowest BCUT2D eigenvalue weighted by Crippen LogP contribution is -2.18. The van der Waals surface area contributed by atoms with Crippen LogP contribution in [-0.4, -0.2) is 11.0 Å². The maximum Gasteiger partial charge on any atom is 0.312 e. The van der Waals surface area contributed by atoms with Gasteiger partial charge in [0.15, 0.2) is 0 Å². The molecule has 0 aliphatic carbocycles. The number of pyridine rings is 1. The first-order valence-electron chi connectivity index (χ1n) is 4.81.